The van der Waals surface area contributed by atoms with Gasteiger partial charge in [-0.05, 0) is 30.3 Å². The number of anilines is 1. The zero-order chi connectivity index (χ0) is 12.7. The Morgan fingerprint density at radius 2 is 2.00 bits per heavy atom. The van der Waals surface area contributed by atoms with Crippen molar-refractivity contribution in [2.45, 2.75) is 0 Å². The van der Waals surface area contributed by atoms with Crippen molar-refractivity contribution in [2.75, 3.05) is 5.73 Å². The largest absolute Gasteiger partial charge is 0.398 e. The molecule has 0 aliphatic rings. The summed E-state index contributed by atoms with van der Waals surface area (Å²) in [6.07, 6.45) is 1.78. The molecule has 0 spiro atoms. The average molecular weight is 324 g/mol. The topological polar surface area (TPSA) is 56.2 Å². The van der Waals surface area contributed by atoms with Crippen molar-refractivity contribution in [3.63, 3.8) is 0 Å². The van der Waals surface area contributed by atoms with Gasteiger partial charge in [-0.15, -0.1) is 10.2 Å². The Kier molecular flexibility index (Phi) is 2.72. The third-order valence-corrected chi connectivity index (χ3v) is 3.42. The number of rotatable bonds is 1. The molecule has 0 bridgehead atoms. The number of benzene rings is 1. The van der Waals surface area contributed by atoms with Crippen LogP contribution in [0.5, 0.6) is 0 Å². The van der Waals surface area contributed by atoms with E-state index in [1.54, 1.807) is 12.3 Å². The number of nitrogens with zero attached hydrogens (tertiary/aromatic N) is 3. The van der Waals surface area contributed by atoms with Crippen molar-refractivity contribution in [2.24, 2.45) is 0 Å². The summed E-state index contributed by atoms with van der Waals surface area (Å²) in [4.78, 5) is 0. The summed E-state index contributed by atoms with van der Waals surface area (Å²) >= 11 is 9.61. The molecule has 0 aliphatic carbocycles. The lowest BCUT2D eigenvalue weighted by Crippen LogP contribution is -1.93. The Balaban J connectivity index is 2.31. The van der Waals surface area contributed by atoms with Crippen molar-refractivity contribution in [1.29, 1.82) is 0 Å². The van der Waals surface area contributed by atoms with Gasteiger partial charge in [0, 0.05) is 21.9 Å². The first kappa shape index (κ1) is 11.5. The lowest BCUT2D eigenvalue weighted by Gasteiger charge is -2.04. The van der Waals surface area contributed by atoms with E-state index < -0.39 is 0 Å². The first-order valence-corrected chi connectivity index (χ1v) is 6.38. The quantitative estimate of drug-likeness (QED) is 0.747. The molecule has 0 fully saturated rings. The fraction of sp³-hybridized carbons (Fsp3) is 0. The molecule has 90 valence electrons. The number of hydrogen-bond donors (Lipinski definition) is 1. The second-order valence-electron chi connectivity index (χ2n) is 3.84. The first-order valence-electron chi connectivity index (χ1n) is 5.21. The van der Waals surface area contributed by atoms with E-state index in [9.17, 15) is 0 Å². The maximum Gasteiger partial charge on any atom is 0.169 e. The number of nitrogen functional groups attached to an aromatic ring is 1. The van der Waals surface area contributed by atoms with Crippen LogP contribution < -0.4 is 5.73 Å². The van der Waals surface area contributed by atoms with Gasteiger partial charge < -0.3 is 5.73 Å². The highest BCUT2D eigenvalue weighted by Gasteiger charge is 2.12. The molecule has 0 radical (unpaired) electrons. The summed E-state index contributed by atoms with van der Waals surface area (Å²) in [6.45, 7) is 0. The van der Waals surface area contributed by atoms with Crippen LogP contribution in [0.1, 0.15) is 0 Å². The van der Waals surface area contributed by atoms with Gasteiger partial charge in [0.2, 0.25) is 0 Å². The number of pyridine rings is 1. The summed E-state index contributed by atoms with van der Waals surface area (Å²) < 4.78 is 2.76. The molecule has 0 atom stereocenters. The molecule has 0 saturated heterocycles. The molecular formula is C12H8BrClN4. The highest BCUT2D eigenvalue weighted by atomic mass is 79.9. The molecule has 0 unspecified atom stereocenters. The summed E-state index contributed by atoms with van der Waals surface area (Å²) in [7, 11) is 0. The van der Waals surface area contributed by atoms with E-state index in [2.05, 4.69) is 26.1 Å². The molecule has 0 amide bonds. The van der Waals surface area contributed by atoms with Crippen molar-refractivity contribution in [3.8, 4) is 11.4 Å². The number of halogens is 2. The second kappa shape index (κ2) is 4.26. The molecule has 3 rings (SSSR count). The predicted octanol–water partition coefficient (Wildman–Crippen LogP) is 3.39. The van der Waals surface area contributed by atoms with Crippen molar-refractivity contribution in [1.82, 2.24) is 14.6 Å². The zero-order valence-corrected chi connectivity index (χ0v) is 11.5. The van der Waals surface area contributed by atoms with Crippen molar-refractivity contribution in [3.05, 3.63) is 46.0 Å². The molecule has 0 aliphatic heterocycles. The van der Waals surface area contributed by atoms with Crippen LogP contribution in [-0.2, 0) is 0 Å². The smallest absolute Gasteiger partial charge is 0.169 e. The minimum absolute atomic E-state index is 0.620. The van der Waals surface area contributed by atoms with E-state index in [1.165, 1.54) is 0 Å². The summed E-state index contributed by atoms with van der Waals surface area (Å²) in [5.74, 6) is 0.670. The minimum atomic E-state index is 0.620. The van der Waals surface area contributed by atoms with Crippen LogP contribution in [-0.4, -0.2) is 14.6 Å². The lowest BCUT2D eigenvalue weighted by atomic mass is 10.2. The van der Waals surface area contributed by atoms with Gasteiger partial charge in [0.15, 0.2) is 11.5 Å². The molecule has 18 heavy (non-hydrogen) atoms. The van der Waals surface area contributed by atoms with Gasteiger partial charge >= 0.3 is 0 Å². The van der Waals surface area contributed by atoms with Gasteiger partial charge in [-0.3, -0.25) is 4.40 Å². The second-order valence-corrected chi connectivity index (χ2v) is 5.16. The van der Waals surface area contributed by atoms with Crippen LogP contribution in [0, 0.1) is 0 Å². The fourth-order valence-corrected chi connectivity index (χ4v) is 2.32. The fourth-order valence-electron chi connectivity index (χ4n) is 1.76. The molecule has 3 aromatic rings. The van der Waals surface area contributed by atoms with Crippen molar-refractivity contribution >= 4 is 38.9 Å². The Morgan fingerprint density at radius 1 is 1.17 bits per heavy atom. The maximum absolute atomic E-state index is 6.19. The summed E-state index contributed by atoms with van der Waals surface area (Å²) in [5, 5.41) is 8.87. The molecule has 2 heterocycles. The van der Waals surface area contributed by atoms with Crippen LogP contribution in [0.15, 0.2) is 41.0 Å². The number of hydrogen-bond acceptors (Lipinski definition) is 3. The van der Waals surface area contributed by atoms with Crippen LogP contribution >= 0.6 is 27.5 Å². The van der Waals surface area contributed by atoms with E-state index in [0.717, 1.165) is 15.7 Å². The Hall–Kier alpha value is -1.59. The van der Waals surface area contributed by atoms with Gasteiger partial charge in [-0.25, -0.2) is 0 Å². The lowest BCUT2D eigenvalue weighted by molar-refractivity contribution is 1.11. The Bertz CT molecular complexity index is 738. The molecule has 0 saturated carbocycles. The molecule has 1 aromatic carbocycles. The van der Waals surface area contributed by atoms with E-state index in [0.29, 0.717) is 16.5 Å². The highest BCUT2D eigenvalue weighted by molar-refractivity contribution is 9.10. The van der Waals surface area contributed by atoms with Crippen LogP contribution in [0.2, 0.25) is 5.02 Å². The molecule has 2 N–H and O–H groups in total. The van der Waals surface area contributed by atoms with E-state index in [1.807, 2.05) is 28.7 Å². The summed E-state index contributed by atoms with van der Waals surface area (Å²) in [5.41, 5.74) is 7.97. The first-order chi connectivity index (χ1) is 8.65. The Labute approximate surface area is 117 Å². The normalized spacial score (nSPS) is 11.0. The summed E-state index contributed by atoms with van der Waals surface area (Å²) in [6, 6.07) is 9.20. The number of aromatic nitrogens is 3. The van der Waals surface area contributed by atoms with E-state index in [-0.39, 0.29) is 0 Å². The third-order valence-electron chi connectivity index (χ3n) is 2.59. The predicted molar refractivity (Wildman–Crippen MR) is 75.5 cm³/mol. The Morgan fingerprint density at radius 3 is 2.83 bits per heavy atom. The maximum atomic E-state index is 6.19. The van der Waals surface area contributed by atoms with Gasteiger partial charge in [0.25, 0.3) is 0 Å². The molecule has 6 heteroatoms. The van der Waals surface area contributed by atoms with Gasteiger partial charge in [0.1, 0.15) is 0 Å². The van der Waals surface area contributed by atoms with Crippen molar-refractivity contribution < 1.29 is 0 Å². The zero-order valence-electron chi connectivity index (χ0n) is 9.14. The van der Waals surface area contributed by atoms with Crippen LogP contribution in [0.4, 0.5) is 5.69 Å². The minimum Gasteiger partial charge on any atom is -0.398 e. The number of nitrogens with two attached hydrogens (primary N) is 1. The van der Waals surface area contributed by atoms with Crippen LogP contribution in [0.3, 0.4) is 0 Å². The van der Waals surface area contributed by atoms with E-state index >= 15 is 0 Å². The molecule has 4 nitrogen and oxygen atoms in total. The molecule has 2 aromatic heterocycles. The average Bonchev–Trinajstić information content (AvgIpc) is 2.75. The van der Waals surface area contributed by atoms with Gasteiger partial charge in [-0.1, -0.05) is 27.5 Å². The SMILES string of the molecule is Nc1ccc2nnc(-c3cc(Br)ccc3Cl)n2c1. The van der Waals surface area contributed by atoms with Crippen LogP contribution in [0.25, 0.3) is 17.0 Å². The monoisotopic (exact) mass is 322 g/mol. The third kappa shape index (κ3) is 1.85. The van der Waals surface area contributed by atoms with E-state index in [4.69, 9.17) is 17.3 Å². The standard InChI is InChI=1S/C12H8BrClN4/c13-7-1-3-10(14)9(5-7)12-17-16-11-4-2-8(15)6-18(11)12/h1-6H,15H2. The highest BCUT2D eigenvalue weighted by Crippen LogP contribution is 2.30. The van der Waals surface area contributed by atoms with Gasteiger partial charge in [-0.2, -0.15) is 0 Å². The molecular weight excluding hydrogens is 316 g/mol. The van der Waals surface area contributed by atoms with Gasteiger partial charge in [0.05, 0.1) is 5.02 Å². The number of fused-ring (bicyclic) bond motifs is 1.